The zero-order chi connectivity index (χ0) is 26.9. The molecule has 4 heteroatoms. The van der Waals surface area contributed by atoms with Crippen LogP contribution in [-0.2, 0) is 29.0 Å². The highest BCUT2D eigenvalue weighted by molar-refractivity contribution is 5.88. The van der Waals surface area contributed by atoms with Crippen molar-refractivity contribution in [3.63, 3.8) is 0 Å². The van der Waals surface area contributed by atoms with Gasteiger partial charge in [0.15, 0.2) is 0 Å². The molecule has 38 heavy (non-hydrogen) atoms. The molecule has 2 amide bonds. The molecule has 0 heterocycles. The van der Waals surface area contributed by atoms with Crippen molar-refractivity contribution in [2.45, 2.75) is 90.3 Å². The average molecular weight is 511 g/mol. The second kappa shape index (κ2) is 13.4. The van der Waals surface area contributed by atoms with Crippen LogP contribution in [0.1, 0.15) is 79.7 Å². The van der Waals surface area contributed by atoms with E-state index in [9.17, 15) is 9.59 Å². The highest BCUT2D eigenvalue weighted by Crippen LogP contribution is 2.21. The molecule has 4 rings (SSSR count). The number of carbonyl (C=O) groups is 2. The molecule has 0 unspecified atom stereocenters. The summed E-state index contributed by atoms with van der Waals surface area (Å²) in [5.74, 6) is 0.455. The first-order valence-corrected chi connectivity index (χ1v) is 14.2. The number of nitrogens with one attached hydrogen (secondary N) is 1. The average Bonchev–Trinajstić information content (AvgIpc) is 3.44. The van der Waals surface area contributed by atoms with Crippen molar-refractivity contribution in [3.05, 3.63) is 107 Å². The van der Waals surface area contributed by atoms with E-state index in [1.807, 2.05) is 35.2 Å². The van der Waals surface area contributed by atoms with Crippen molar-refractivity contribution < 1.29 is 9.59 Å². The second-order valence-electron chi connectivity index (χ2n) is 11.1. The number of hydrogen-bond donors (Lipinski definition) is 1. The summed E-state index contributed by atoms with van der Waals surface area (Å²) in [5.41, 5.74) is 5.72. The van der Waals surface area contributed by atoms with E-state index in [1.54, 1.807) is 0 Å². The van der Waals surface area contributed by atoms with Crippen LogP contribution in [0.5, 0.6) is 0 Å². The van der Waals surface area contributed by atoms with E-state index in [1.165, 1.54) is 11.1 Å². The Balaban J connectivity index is 1.58. The van der Waals surface area contributed by atoms with Crippen molar-refractivity contribution in [1.29, 1.82) is 0 Å². The van der Waals surface area contributed by atoms with Gasteiger partial charge in [-0.2, -0.15) is 0 Å². The van der Waals surface area contributed by atoms with E-state index in [0.29, 0.717) is 31.7 Å². The first kappa shape index (κ1) is 27.6. The van der Waals surface area contributed by atoms with Crippen LogP contribution in [0.25, 0.3) is 0 Å². The van der Waals surface area contributed by atoms with Crippen LogP contribution >= 0.6 is 0 Å². The normalized spacial score (nSPS) is 14.4. The van der Waals surface area contributed by atoms with Crippen molar-refractivity contribution in [3.8, 4) is 0 Å². The van der Waals surface area contributed by atoms with Crippen molar-refractivity contribution in [2.75, 3.05) is 0 Å². The molecular formula is C34H42N2O2. The molecule has 3 aromatic carbocycles. The third-order valence-corrected chi connectivity index (χ3v) is 7.72. The van der Waals surface area contributed by atoms with Crippen molar-refractivity contribution >= 4 is 11.8 Å². The lowest BCUT2D eigenvalue weighted by molar-refractivity contribution is -0.141. The maximum absolute atomic E-state index is 13.9. The fourth-order valence-electron chi connectivity index (χ4n) is 5.28. The molecular weight excluding hydrogens is 468 g/mol. The summed E-state index contributed by atoms with van der Waals surface area (Å²) < 4.78 is 0. The van der Waals surface area contributed by atoms with Crippen LogP contribution in [-0.4, -0.2) is 28.8 Å². The van der Waals surface area contributed by atoms with E-state index in [4.69, 9.17) is 0 Å². The number of aryl methyl sites for hydroxylation is 2. The number of carbonyl (C=O) groups excluding carboxylic acids is 2. The number of benzene rings is 3. The predicted octanol–water partition coefficient (Wildman–Crippen LogP) is 6.75. The Morgan fingerprint density at radius 3 is 2.11 bits per heavy atom. The fraction of sp³-hybridized carbons (Fsp3) is 0.412. The molecule has 1 fully saturated rings. The van der Waals surface area contributed by atoms with Gasteiger partial charge in [0.25, 0.3) is 0 Å². The van der Waals surface area contributed by atoms with Gasteiger partial charge in [-0.25, -0.2) is 0 Å². The van der Waals surface area contributed by atoms with Crippen molar-refractivity contribution in [2.24, 2.45) is 0 Å². The number of nitrogens with zero attached hydrogens (tertiary/aromatic N) is 1. The molecule has 0 aliphatic heterocycles. The Hall–Kier alpha value is -3.40. The largest absolute Gasteiger partial charge is 0.352 e. The van der Waals surface area contributed by atoms with Gasteiger partial charge < -0.3 is 10.2 Å². The molecule has 0 aromatic heterocycles. The van der Waals surface area contributed by atoms with E-state index >= 15 is 0 Å². The van der Waals surface area contributed by atoms with E-state index in [0.717, 1.165) is 42.4 Å². The summed E-state index contributed by atoms with van der Waals surface area (Å²) in [7, 11) is 0. The Bertz CT molecular complexity index is 1160. The molecule has 1 aliphatic carbocycles. The zero-order valence-electron chi connectivity index (χ0n) is 23.2. The smallest absolute Gasteiger partial charge is 0.243 e. The lowest BCUT2D eigenvalue weighted by Gasteiger charge is -2.32. The molecule has 0 radical (unpaired) electrons. The van der Waals surface area contributed by atoms with Crippen LogP contribution in [0.2, 0.25) is 0 Å². The Morgan fingerprint density at radius 1 is 0.842 bits per heavy atom. The lowest BCUT2D eigenvalue weighted by Crippen LogP contribution is -2.52. The molecule has 1 saturated carbocycles. The Morgan fingerprint density at radius 2 is 1.47 bits per heavy atom. The van der Waals surface area contributed by atoms with Gasteiger partial charge in [0.05, 0.1) is 0 Å². The topological polar surface area (TPSA) is 49.4 Å². The van der Waals surface area contributed by atoms with Gasteiger partial charge in [0.1, 0.15) is 6.04 Å². The number of rotatable bonds is 11. The monoisotopic (exact) mass is 510 g/mol. The zero-order valence-corrected chi connectivity index (χ0v) is 23.2. The second-order valence-corrected chi connectivity index (χ2v) is 11.1. The van der Waals surface area contributed by atoms with Gasteiger partial charge in [0.2, 0.25) is 11.8 Å². The summed E-state index contributed by atoms with van der Waals surface area (Å²) in [6.45, 7) is 6.85. The van der Waals surface area contributed by atoms with Gasteiger partial charge in [-0.3, -0.25) is 9.59 Å². The van der Waals surface area contributed by atoms with Crippen LogP contribution in [0.15, 0.2) is 78.9 Å². The summed E-state index contributed by atoms with van der Waals surface area (Å²) in [6, 6.07) is 26.5. The predicted molar refractivity (Wildman–Crippen MR) is 155 cm³/mol. The third kappa shape index (κ3) is 7.80. The quantitative estimate of drug-likeness (QED) is 0.310. The summed E-state index contributed by atoms with van der Waals surface area (Å²) >= 11 is 0. The van der Waals surface area contributed by atoms with Gasteiger partial charge in [-0.1, -0.05) is 111 Å². The Labute approximate surface area is 228 Å². The molecule has 0 bridgehead atoms. The van der Waals surface area contributed by atoms with Crippen LogP contribution in [0, 0.1) is 6.92 Å². The van der Waals surface area contributed by atoms with E-state index in [-0.39, 0.29) is 17.9 Å². The molecule has 1 N–H and O–H groups in total. The molecule has 1 aliphatic rings. The van der Waals surface area contributed by atoms with E-state index < -0.39 is 6.04 Å². The highest BCUT2D eigenvalue weighted by Gasteiger charge is 2.32. The number of amides is 2. The maximum Gasteiger partial charge on any atom is 0.243 e. The highest BCUT2D eigenvalue weighted by atomic mass is 16.2. The van der Waals surface area contributed by atoms with E-state index in [2.05, 4.69) is 74.6 Å². The van der Waals surface area contributed by atoms with Gasteiger partial charge >= 0.3 is 0 Å². The first-order chi connectivity index (χ1) is 18.4. The lowest BCUT2D eigenvalue weighted by atomic mass is 9.99. The van der Waals surface area contributed by atoms with Gasteiger partial charge in [0, 0.05) is 25.4 Å². The molecule has 3 aromatic rings. The standard InChI is InChI=1S/C34H42N2O2/c1-25(2)30-20-17-27(18-21-30)19-22-33(37)36(24-29-15-13-26(3)14-16-29)32(23-28-9-5-4-6-10-28)34(38)35-31-11-7-8-12-31/h4-6,9-10,13-18,20-21,25,31-32H,7-8,11-12,19,22-24H2,1-3H3,(H,35,38)/t32-/m1/s1. The molecule has 0 saturated heterocycles. The summed E-state index contributed by atoms with van der Waals surface area (Å²) in [5, 5.41) is 3.29. The first-order valence-electron chi connectivity index (χ1n) is 14.2. The minimum absolute atomic E-state index is 0.0148. The van der Waals surface area contributed by atoms with Crippen LogP contribution in [0.4, 0.5) is 0 Å². The SMILES string of the molecule is Cc1ccc(CN(C(=O)CCc2ccc(C(C)C)cc2)[C@H](Cc2ccccc2)C(=O)NC2CCCC2)cc1. The minimum atomic E-state index is -0.560. The minimum Gasteiger partial charge on any atom is -0.352 e. The molecule has 1 atom stereocenters. The summed E-state index contributed by atoms with van der Waals surface area (Å²) in [6.07, 6.45) is 5.86. The third-order valence-electron chi connectivity index (χ3n) is 7.72. The van der Waals surface area contributed by atoms with Crippen molar-refractivity contribution in [1.82, 2.24) is 10.2 Å². The maximum atomic E-state index is 13.9. The fourth-order valence-corrected chi connectivity index (χ4v) is 5.28. The summed E-state index contributed by atoms with van der Waals surface area (Å²) in [4.78, 5) is 29.5. The van der Waals surface area contributed by atoms with Crippen LogP contribution in [0.3, 0.4) is 0 Å². The van der Waals surface area contributed by atoms with Gasteiger partial charge in [-0.15, -0.1) is 0 Å². The molecule has 4 nitrogen and oxygen atoms in total. The molecule has 0 spiro atoms. The Kier molecular flexibility index (Phi) is 9.75. The molecule has 200 valence electrons. The van der Waals surface area contributed by atoms with Gasteiger partial charge in [-0.05, 0) is 54.4 Å². The van der Waals surface area contributed by atoms with Crippen LogP contribution < -0.4 is 5.32 Å². The number of hydrogen-bond acceptors (Lipinski definition) is 2.